The molecule has 2 N–H and O–H groups in total. The average molecular weight is 272 g/mol. The van der Waals surface area contributed by atoms with Crippen molar-refractivity contribution in [2.75, 3.05) is 33.4 Å². The lowest BCUT2D eigenvalue weighted by Crippen LogP contribution is -2.39. The topological polar surface area (TPSA) is 43.7 Å². The van der Waals surface area contributed by atoms with Crippen LogP contribution in [0.2, 0.25) is 5.02 Å². The molecule has 1 aromatic rings. The first-order valence-corrected chi connectivity index (χ1v) is 6.52. The first kappa shape index (κ1) is 15.4. The van der Waals surface area contributed by atoms with E-state index < -0.39 is 5.41 Å². The Morgan fingerprint density at radius 1 is 1.22 bits per heavy atom. The molecule has 0 radical (unpaired) electrons. The van der Waals surface area contributed by atoms with Gasteiger partial charge in [0.05, 0.1) is 13.2 Å². The molecular weight excluding hydrogens is 250 g/mol. The van der Waals surface area contributed by atoms with Gasteiger partial charge in [0.2, 0.25) is 0 Å². The highest BCUT2D eigenvalue weighted by Gasteiger charge is 2.24. The van der Waals surface area contributed by atoms with Crippen LogP contribution in [0.4, 0.5) is 0 Å². The Hall–Kier alpha value is -0.610. The van der Waals surface area contributed by atoms with Gasteiger partial charge in [-0.25, -0.2) is 0 Å². The number of benzene rings is 1. The summed E-state index contributed by atoms with van der Waals surface area (Å²) in [4.78, 5) is 2.11. The largest absolute Gasteiger partial charge is 0.396 e. The third-order valence-corrected chi connectivity index (χ3v) is 3.50. The molecule has 0 aliphatic rings. The molecule has 0 aromatic heterocycles. The van der Waals surface area contributed by atoms with Crippen LogP contribution < -0.4 is 0 Å². The van der Waals surface area contributed by atoms with Gasteiger partial charge in [0, 0.05) is 23.5 Å². The highest BCUT2D eigenvalue weighted by atomic mass is 35.5. The fourth-order valence-corrected chi connectivity index (χ4v) is 2.12. The molecular formula is C14H22ClNO2. The van der Waals surface area contributed by atoms with E-state index >= 15 is 0 Å². The molecule has 0 fully saturated rings. The van der Waals surface area contributed by atoms with Gasteiger partial charge in [0.25, 0.3) is 0 Å². The molecule has 0 bridgehead atoms. The molecule has 0 amide bonds. The smallest absolute Gasteiger partial charge is 0.0519 e. The fourth-order valence-electron chi connectivity index (χ4n) is 1.89. The zero-order valence-electron chi connectivity index (χ0n) is 11.1. The monoisotopic (exact) mass is 271 g/mol. The third-order valence-electron chi connectivity index (χ3n) is 3.14. The van der Waals surface area contributed by atoms with Crippen molar-refractivity contribution < 1.29 is 10.2 Å². The number of aliphatic hydroxyl groups is 2. The maximum atomic E-state index is 9.26. The lowest BCUT2D eigenvalue weighted by molar-refractivity contribution is 0.0423. The van der Waals surface area contributed by atoms with Gasteiger partial charge in [-0.05, 0) is 25.1 Å². The molecule has 102 valence electrons. The molecule has 18 heavy (non-hydrogen) atoms. The minimum Gasteiger partial charge on any atom is -0.396 e. The van der Waals surface area contributed by atoms with Gasteiger partial charge in [-0.1, -0.05) is 36.7 Å². The van der Waals surface area contributed by atoms with E-state index in [-0.39, 0.29) is 13.2 Å². The maximum Gasteiger partial charge on any atom is 0.0519 e. The van der Waals surface area contributed by atoms with Crippen LogP contribution in [0.15, 0.2) is 24.3 Å². The van der Waals surface area contributed by atoms with Crippen LogP contribution in [-0.2, 0) is 6.42 Å². The summed E-state index contributed by atoms with van der Waals surface area (Å²) in [6.45, 7) is 3.35. The van der Waals surface area contributed by atoms with Crippen molar-refractivity contribution in [3.63, 3.8) is 0 Å². The number of rotatable bonds is 7. The van der Waals surface area contributed by atoms with Crippen LogP contribution >= 0.6 is 11.6 Å². The zero-order valence-corrected chi connectivity index (χ0v) is 11.8. The molecule has 0 unspecified atom stereocenters. The quantitative estimate of drug-likeness (QED) is 0.795. The number of hydrogen-bond donors (Lipinski definition) is 2. The SMILES string of the molecule is CN(CCc1ccccc1Cl)CC(C)(CO)CO. The van der Waals surface area contributed by atoms with Crippen LogP contribution in [0.25, 0.3) is 0 Å². The predicted molar refractivity (Wildman–Crippen MR) is 74.9 cm³/mol. The number of hydrogen-bond acceptors (Lipinski definition) is 3. The Balaban J connectivity index is 2.47. The molecule has 0 atom stereocenters. The number of likely N-dealkylation sites (N-methyl/N-ethyl adjacent to an activating group) is 1. The molecule has 0 spiro atoms. The molecule has 0 saturated heterocycles. The van der Waals surface area contributed by atoms with E-state index in [1.54, 1.807) is 0 Å². The number of nitrogens with zero attached hydrogens (tertiary/aromatic N) is 1. The van der Waals surface area contributed by atoms with E-state index in [0.717, 1.165) is 23.6 Å². The molecule has 0 heterocycles. The van der Waals surface area contributed by atoms with Crippen molar-refractivity contribution in [2.24, 2.45) is 5.41 Å². The minimum atomic E-state index is -0.449. The Labute approximate surface area is 114 Å². The van der Waals surface area contributed by atoms with Crippen molar-refractivity contribution in [3.05, 3.63) is 34.9 Å². The Morgan fingerprint density at radius 3 is 2.39 bits per heavy atom. The lowest BCUT2D eigenvalue weighted by Gasteiger charge is -2.30. The van der Waals surface area contributed by atoms with Crippen molar-refractivity contribution in [2.45, 2.75) is 13.3 Å². The highest BCUT2D eigenvalue weighted by Crippen LogP contribution is 2.18. The fraction of sp³-hybridized carbons (Fsp3) is 0.571. The van der Waals surface area contributed by atoms with E-state index in [0.29, 0.717) is 6.54 Å². The summed E-state index contributed by atoms with van der Waals surface area (Å²) < 4.78 is 0. The van der Waals surface area contributed by atoms with Gasteiger partial charge in [-0.15, -0.1) is 0 Å². The highest BCUT2D eigenvalue weighted by molar-refractivity contribution is 6.31. The molecule has 3 nitrogen and oxygen atoms in total. The lowest BCUT2D eigenvalue weighted by atomic mass is 9.92. The van der Waals surface area contributed by atoms with E-state index in [1.807, 2.05) is 38.2 Å². The molecule has 0 aliphatic carbocycles. The molecule has 1 aromatic carbocycles. The van der Waals surface area contributed by atoms with Crippen molar-refractivity contribution in [3.8, 4) is 0 Å². The van der Waals surface area contributed by atoms with E-state index in [2.05, 4.69) is 4.90 Å². The second kappa shape index (κ2) is 7.10. The summed E-state index contributed by atoms with van der Waals surface area (Å²) >= 11 is 6.10. The summed E-state index contributed by atoms with van der Waals surface area (Å²) in [5.41, 5.74) is 0.676. The van der Waals surface area contributed by atoms with E-state index in [9.17, 15) is 10.2 Å². The van der Waals surface area contributed by atoms with Gasteiger partial charge >= 0.3 is 0 Å². The first-order valence-electron chi connectivity index (χ1n) is 6.14. The van der Waals surface area contributed by atoms with Gasteiger partial charge in [-0.3, -0.25) is 0 Å². The molecule has 4 heteroatoms. The first-order chi connectivity index (χ1) is 8.50. The van der Waals surface area contributed by atoms with Gasteiger partial charge < -0.3 is 15.1 Å². The van der Waals surface area contributed by atoms with Gasteiger partial charge in [-0.2, -0.15) is 0 Å². The summed E-state index contributed by atoms with van der Waals surface area (Å²) in [5.74, 6) is 0. The van der Waals surface area contributed by atoms with Crippen LogP contribution in [0.1, 0.15) is 12.5 Å². The predicted octanol–water partition coefficient (Wildman–Crippen LogP) is 1.81. The second-order valence-electron chi connectivity index (χ2n) is 5.21. The van der Waals surface area contributed by atoms with Gasteiger partial charge in [0.1, 0.15) is 0 Å². The van der Waals surface area contributed by atoms with Crippen molar-refractivity contribution >= 4 is 11.6 Å². The Bertz CT molecular complexity index is 367. The maximum absolute atomic E-state index is 9.26. The zero-order chi connectivity index (χ0) is 13.6. The second-order valence-corrected chi connectivity index (χ2v) is 5.61. The summed E-state index contributed by atoms with van der Waals surface area (Å²) in [6, 6.07) is 7.81. The molecule has 0 saturated carbocycles. The summed E-state index contributed by atoms with van der Waals surface area (Å²) in [5, 5.41) is 19.3. The van der Waals surface area contributed by atoms with Crippen LogP contribution in [0, 0.1) is 5.41 Å². The van der Waals surface area contributed by atoms with E-state index in [1.165, 1.54) is 0 Å². The average Bonchev–Trinajstić information content (AvgIpc) is 2.37. The Kier molecular flexibility index (Phi) is 6.09. The van der Waals surface area contributed by atoms with Crippen LogP contribution in [0.5, 0.6) is 0 Å². The van der Waals surface area contributed by atoms with Gasteiger partial charge in [0.15, 0.2) is 0 Å². The Morgan fingerprint density at radius 2 is 1.83 bits per heavy atom. The summed E-state index contributed by atoms with van der Waals surface area (Å²) in [6.07, 6.45) is 0.864. The van der Waals surface area contributed by atoms with Crippen LogP contribution in [0.3, 0.4) is 0 Å². The number of aliphatic hydroxyl groups excluding tert-OH is 2. The third kappa shape index (κ3) is 4.58. The van der Waals surface area contributed by atoms with Crippen molar-refractivity contribution in [1.82, 2.24) is 4.90 Å². The normalized spacial score (nSPS) is 12.1. The number of halogens is 1. The summed E-state index contributed by atoms with van der Waals surface area (Å²) in [7, 11) is 1.99. The standard InChI is InChI=1S/C14H22ClNO2/c1-14(10-17,11-18)9-16(2)8-7-12-5-3-4-6-13(12)15/h3-6,17-18H,7-11H2,1-2H3. The van der Waals surface area contributed by atoms with E-state index in [4.69, 9.17) is 11.6 Å². The van der Waals surface area contributed by atoms with Crippen molar-refractivity contribution in [1.29, 1.82) is 0 Å². The molecule has 1 rings (SSSR count). The minimum absolute atomic E-state index is 0.0140. The van der Waals surface area contributed by atoms with Crippen LogP contribution in [-0.4, -0.2) is 48.5 Å². The molecule has 0 aliphatic heterocycles.